The van der Waals surface area contributed by atoms with Gasteiger partial charge in [-0.1, -0.05) is 91.0 Å². The minimum Gasteiger partial charge on any atom is -0.346 e. The van der Waals surface area contributed by atoms with Crippen LogP contribution in [0.15, 0.2) is 115 Å². The fraction of sp³-hybridized carbons (Fsp3) is 0.138. The average Bonchev–Trinajstić information content (AvgIpc) is 3.19. The van der Waals surface area contributed by atoms with E-state index in [1.807, 2.05) is 107 Å². The lowest BCUT2D eigenvalue weighted by atomic mass is 9.89. The number of nitrogens with zero attached hydrogens (tertiary/aromatic N) is 3. The highest BCUT2D eigenvalue weighted by Gasteiger charge is 2.61. The second-order valence-corrected chi connectivity index (χ2v) is 8.45. The number of amidine groups is 1. The standard InChI is InChI=1S/C29H26N3O3/c1-2-30-28(25-20-12-13-21-26(25)32(34)35)31(24-18-10-5-11-19-24)27(22-14-6-3-7-15-22)29(30,33)23-16-8-4-9-17-23/h3-21,27,33H,2H2,1H3/q+1. The molecule has 0 saturated carbocycles. The Balaban J connectivity index is 1.90. The molecule has 35 heavy (non-hydrogen) atoms. The average molecular weight is 465 g/mol. The number of nitro groups is 1. The van der Waals surface area contributed by atoms with Gasteiger partial charge in [0.05, 0.1) is 11.5 Å². The zero-order chi connectivity index (χ0) is 24.4. The largest absolute Gasteiger partial charge is 0.346 e. The number of hydrogen-bond acceptors (Lipinski definition) is 4. The van der Waals surface area contributed by atoms with Crippen molar-refractivity contribution in [2.45, 2.75) is 18.7 Å². The molecule has 6 nitrogen and oxygen atoms in total. The molecule has 1 N–H and O–H groups in total. The number of anilines is 1. The van der Waals surface area contributed by atoms with Crippen molar-refractivity contribution in [2.75, 3.05) is 11.4 Å². The van der Waals surface area contributed by atoms with Crippen LogP contribution in [0.25, 0.3) is 0 Å². The molecule has 1 heterocycles. The Bertz CT molecular complexity index is 1370. The van der Waals surface area contributed by atoms with E-state index in [1.54, 1.807) is 18.2 Å². The SMILES string of the molecule is CC[N+]1=C(c2ccccc2[N+](=O)[O-])N(c2ccccc2)C(c2ccccc2)C1(O)c1ccccc1. The van der Waals surface area contributed by atoms with Crippen LogP contribution >= 0.6 is 0 Å². The van der Waals surface area contributed by atoms with Crippen molar-refractivity contribution in [3.8, 4) is 0 Å². The summed E-state index contributed by atoms with van der Waals surface area (Å²) < 4.78 is 1.88. The third-order valence-electron chi connectivity index (χ3n) is 6.54. The van der Waals surface area contributed by atoms with Crippen molar-refractivity contribution in [3.05, 3.63) is 142 Å². The number of hydrogen-bond donors (Lipinski definition) is 1. The number of likely N-dealkylation sites (N-methyl/N-ethyl adjacent to an activating group) is 1. The topological polar surface area (TPSA) is 69.6 Å². The van der Waals surface area contributed by atoms with E-state index in [4.69, 9.17) is 0 Å². The molecule has 0 saturated heterocycles. The maximum absolute atomic E-state index is 12.7. The lowest BCUT2D eigenvalue weighted by Crippen LogP contribution is -2.43. The van der Waals surface area contributed by atoms with Crippen molar-refractivity contribution in [2.24, 2.45) is 0 Å². The van der Waals surface area contributed by atoms with E-state index in [9.17, 15) is 15.2 Å². The van der Waals surface area contributed by atoms with Crippen molar-refractivity contribution >= 4 is 17.2 Å². The maximum Gasteiger partial charge on any atom is 0.295 e. The number of benzene rings is 4. The summed E-state index contributed by atoms with van der Waals surface area (Å²) in [6, 6.07) is 35.2. The number of rotatable bonds is 6. The Hall–Kier alpha value is -4.29. The van der Waals surface area contributed by atoms with Crippen molar-refractivity contribution < 1.29 is 14.6 Å². The van der Waals surface area contributed by atoms with Crippen molar-refractivity contribution in [3.63, 3.8) is 0 Å². The van der Waals surface area contributed by atoms with Gasteiger partial charge >= 0.3 is 0 Å². The highest BCUT2D eigenvalue weighted by atomic mass is 16.6. The molecular formula is C29H26N3O3+. The molecule has 0 bridgehead atoms. The predicted octanol–water partition coefficient (Wildman–Crippen LogP) is 5.48. The summed E-state index contributed by atoms with van der Waals surface area (Å²) in [4.78, 5) is 13.8. The van der Waals surface area contributed by atoms with Gasteiger partial charge in [0.1, 0.15) is 11.3 Å². The van der Waals surface area contributed by atoms with Crippen LogP contribution in [0.5, 0.6) is 0 Å². The molecule has 2 atom stereocenters. The summed E-state index contributed by atoms with van der Waals surface area (Å²) in [5.74, 6) is 0.589. The molecule has 0 aliphatic carbocycles. The summed E-state index contributed by atoms with van der Waals surface area (Å²) >= 11 is 0. The lowest BCUT2D eigenvalue weighted by molar-refractivity contribution is -0.662. The fourth-order valence-corrected chi connectivity index (χ4v) is 5.10. The normalized spacial score (nSPS) is 19.7. The Labute approximate surface area is 204 Å². The third-order valence-corrected chi connectivity index (χ3v) is 6.54. The first kappa shape index (κ1) is 22.5. The molecule has 0 aromatic heterocycles. The first-order valence-electron chi connectivity index (χ1n) is 11.6. The fourth-order valence-electron chi connectivity index (χ4n) is 5.10. The molecule has 1 aliphatic rings. The minimum absolute atomic E-state index is 0.00833. The second kappa shape index (κ2) is 9.16. The molecule has 5 rings (SSSR count). The van der Waals surface area contributed by atoms with Gasteiger partial charge in [0.2, 0.25) is 0 Å². The Morgan fingerprint density at radius 2 is 1.40 bits per heavy atom. The molecule has 2 unspecified atom stereocenters. The Morgan fingerprint density at radius 3 is 2.00 bits per heavy atom. The zero-order valence-corrected chi connectivity index (χ0v) is 19.4. The van der Waals surface area contributed by atoms with Crippen LogP contribution in [0.4, 0.5) is 11.4 Å². The molecule has 1 aliphatic heterocycles. The summed E-state index contributed by atoms with van der Waals surface area (Å²) in [5, 5.41) is 24.8. The summed E-state index contributed by atoms with van der Waals surface area (Å²) in [6.07, 6.45) is 0. The molecule has 4 aromatic carbocycles. The van der Waals surface area contributed by atoms with E-state index >= 15 is 0 Å². The van der Waals surface area contributed by atoms with Crippen molar-refractivity contribution in [1.82, 2.24) is 0 Å². The van der Waals surface area contributed by atoms with Gasteiger partial charge in [-0.05, 0) is 25.1 Å². The number of para-hydroxylation sites is 2. The van der Waals surface area contributed by atoms with Crippen LogP contribution in [0, 0.1) is 10.1 Å². The highest BCUT2D eigenvalue weighted by molar-refractivity contribution is 6.11. The monoisotopic (exact) mass is 464 g/mol. The molecule has 174 valence electrons. The quantitative estimate of drug-likeness (QED) is 0.233. The van der Waals surface area contributed by atoms with Gasteiger partial charge in [0.15, 0.2) is 6.04 Å². The van der Waals surface area contributed by atoms with Gasteiger partial charge in [-0.15, -0.1) is 0 Å². The lowest BCUT2D eigenvalue weighted by Gasteiger charge is -2.31. The van der Waals surface area contributed by atoms with Crippen LogP contribution in [0.2, 0.25) is 0 Å². The van der Waals surface area contributed by atoms with Gasteiger partial charge in [-0.25, -0.2) is 9.48 Å². The first-order chi connectivity index (χ1) is 17.1. The van der Waals surface area contributed by atoms with Gasteiger partial charge in [0.25, 0.3) is 17.2 Å². The van der Waals surface area contributed by atoms with Crippen LogP contribution in [-0.2, 0) is 5.72 Å². The van der Waals surface area contributed by atoms with E-state index in [-0.39, 0.29) is 10.6 Å². The van der Waals surface area contributed by atoms with Crippen LogP contribution in [-0.4, -0.2) is 27.0 Å². The Kier molecular flexibility index (Phi) is 5.89. The van der Waals surface area contributed by atoms with E-state index in [2.05, 4.69) is 0 Å². The molecule has 0 spiro atoms. The predicted molar refractivity (Wildman–Crippen MR) is 136 cm³/mol. The van der Waals surface area contributed by atoms with Gasteiger partial charge < -0.3 is 5.11 Å². The third kappa shape index (κ3) is 3.68. The molecule has 4 aromatic rings. The van der Waals surface area contributed by atoms with E-state index in [0.717, 1.165) is 11.3 Å². The zero-order valence-electron chi connectivity index (χ0n) is 19.4. The van der Waals surface area contributed by atoms with Crippen LogP contribution < -0.4 is 4.90 Å². The smallest absolute Gasteiger partial charge is 0.295 e. The van der Waals surface area contributed by atoms with Gasteiger partial charge in [0, 0.05) is 17.2 Å². The van der Waals surface area contributed by atoms with E-state index in [0.29, 0.717) is 23.5 Å². The second-order valence-electron chi connectivity index (χ2n) is 8.45. The highest BCUT2D eigenvalue weighted by Crippen LogP contribution is 2.48. The minimum atomic E-state index is -1.49. The molecule has 6 heteroatoms. The molecule has 0 radical (unpaired) electrons. The maximum atomic E-state index is 12.7. The summed E-state index contributed by atoms with van der Waals surface area (Å²) in [6.45, 7) is 2.39. The van der Waals surface area contributed by atoms with Crippen LogP contribution in [0.3, 0.4) is 0 Å². The number of nitro benzene ring substituents is 1. The summed E-state index contributed by atoms with van der Waals surface area (Å²) in [5.41, 5.74) is 1.40. The molecule has 0 fully saturated rings. The van der Waals surface area contributed by atoms with Crippen molar-refractivity contribution in [1.29, 1.82) is 0 Å². The molecular weight excluding hydrogens is 438 g/mol. The Morgan fingerprint density at radius 1 is 0.857 bits per heavy atom. The first-order valence-corrected chi connectivity index (χ1v) is 11.6. The van der Waals surface area contributed by atoms with E-state index in [1.165, 1.54) is 6.07 Å². The number of aliphatic hydroxyl groups is 1. The van der Waals surface area contributed by atoms with E-state index < -0.39 is 11.8 Å². The van der Waals surface area contributed by atoms with Crippen LogP contribution in [0.1, 0.15) is 29.7 Å². The van der Waals surface area contributed by atoms with Gasteiger partial charge in [-0.3, -0.25) is 10.1 Å². The molecule has 0 amide bonds. The summed E-state index contributed by atoms with van der Waals surface area (Å²) in [7, 11) is 0. The van der Waals surface area contributed by atoms with Gasteiger partial charge in [-0.2, -0.15) is 0 Å².